The summed E-state index contributed by atoms with van der Waals surface area (Å²) in [5, 5.41) is 4.97. The Balaban J connectivity index is 0.000000153. The Morgan fingerprint density at radius 3 is 0.952 bits per heavy atom. The van der Waals surface area contributed by atoms with Crippen LogP contribution in [-0.4, -0.2) is 156 Å². The van der Waals surface area contributed by atoms with Crippen LogP contribution in [0.25, 0.3) is 43.6 Å². The second-order valence-corrected chi connectivity index (χ2v) is 42.1. The van der Waals surface area contributed by atoms with Gasteiger partial charge in [0.25, 0.3) is 23.6 Å². The van der Waals surface area contributed by atoms with Crippen molar-refractivity contribution in [2.45, 2.75) is 169 Å². The van der Waals surface area contributed by atoms with Crippen LogP contribution in [0.15, 0.2) is 121 Å². The fraction of sp³-hybridized carbons (Fsp3) is 0.402. The van der Waals surface area contributed by atoms with Crippen molar-refractivity contribution in [3.05, 3.63) is 273 Å². The third-order valence-electron chi connectivity index (χ3n) is 29.9. The Bertz CT molecular complexity index is 7030. The largest absolute Gasteiger partial charge is 0.416 e. The van der Waals surface area contributed by atoms with Crippen LogP contribution in [0.4, 0.5) is 57.1 Å². The van der Waals surface area contributed by atoms with Gasteiger partial charge in [0.1, 0.15) is 17.3 Å². The molecule has 4 atom stereocenters. The van der Waals surface area contributed by atoms with E-state index in [9.17, 15) is 95.4 Å². The maximum atomic E-state index is 14.6. The summed E-state index contributed by atoms with van der Waals surface area (Å²) in [6.07, 6.45) is -13.6. The normalized spacial score (nSPS) is 17.9. The van der Waals surface area contributed by atoms with Crippen molar-refractivity contribution in [1.29, 1.82) is 0 Å². The van der Waals surface area contributed by atoms with E-state index in [0.717, 1.165) is 72.8 Å². The monoisotopic (exact) mass is 2170 g/mol. The first-order valence-corrected chi connectivity index (χ1v) is 49.6. The molecule has 17 nitrogen and oxygen atoms in total. The molecule has 4 aromatic heterocycles. The number of nitrogens with zero attached hydrogens (tertiary/aromatic N) is 8. The number of ether oxygens (including phenoxy) is 1. The molecule has 0 unspecified atom stereocenters. The highest BCUT2D eigenvalue weighted by molar-refractivity contribution is 6.40. The van der Waals surface area contributed by atoms with E-state index >= 15 is 0 Å². The van der Waals surface area contributed by atoms with Crippen molar-refractivity contribution in [1.82, 2.24) is 37.9 Å². The van der Waals surface area contributed by atoms with Crippen LogP contribution >= 0.6 is 92.8 Å². The summed E-state index contributed by atoms with van der Waals surface area (Å²) in [5.41, 5.74) is 4.09. The van der Waals surface area contributed by atoms with Crippen LogP contribution < -0.4 is 0 Å². The SMILES string of the molecule is CC(=O)C1(C)CCN(C(=O)c2ccc(Cl)c(Cc3cc4c(C)cc(C(F)(F)F)cc4n3C)c2Cl)CC1.CC(=O)C1(F)CCN(C(=O)c2ccc(Cl)c(Cc3cc4c(C)cc(C(F)(F)F)cc4n3C)c2Cl)CC1.CC(=O)[C@]12CC[C@H](C1)N(C(=O)c1ccc(Cl)c(Cc3cc4c(C)cc(C(F)(F)F)cc4n3C)c1Cl)C2.COC[C@@H]1CN(C(=O)c2ccc(Cl)c(Cc3cc4c(C)cc(C(F)(F)F)cc4n3C)c2Cl)C[C@H]1C(C)=O. The minimum Gasteiger partial charge on any atom is -0.384 e. The van der Waals surface area contributed by atoms with E-state index in [1.165, 1.54) is 24.8 Å². The number of alkyl halides is 13. The lowest BCUT2D eigenvalue weighted by molar-refractivity contribution is -0.138. The summed E-state index contributed by atoms with van der Waals surface area (Å²) in [6, 6.07) is 29.0. The number of rotatable bonds is 18. The zero-order valence-electron chi connectivity index (χ0n) is 81.4. The molecule has 1 aliphatic carbocycles. The van der Waals surface area contributed by atoms with Gasteiger partial charge >= 0.3 is 24.7 Å². The van der Waals surface area contributed by atoms with Crippen molar-refractivity contribution in [3.8, 4) is 0 Å². The molecular formula is C107H103Cl8F13N8O9. The van der Waals surface area contributed by atoms with Gasteiger partial charge < -0.3 is 42.6 Å². The molecule has 5 fully saturated rings. The van der Waals surface area contributed by atoms with Crippen LogP contribution in [0.3, 0.4) is 0 Å². The number of halogens is 21. The van der Waals surface area contributed by atoms with E-state index in [-0.39, 0.29) is 142 Å². The fourth-order valence-electron chi connectivity index (χ4n) is 20.6. The smallest absolute Gasteiger partial charge is 0.384 e. The summed E-state index contributed by atoms with van der Waals surface area (Å²) < 4.78 is 187. The number of benzene rings is 8. The summed E-state index contributed by atoms with van der Waals surface area (Å²) in [6.45, 7) is 16.8. The zero-order chi connectivity index (χ0) is 107. The second-order valence-electron chi connectivity index (χ2n) is 39.0. The van der Waals surface area contributed by atoms with Gasteiger partial charge in [-0.1, -0.05) is 99.7 Å². The molecule has 4 saturated heterocycles. The molecule has 38 heteroatoms. The molecule has 8 heterocycles. The van der Waals surface area contributed by atoms with E-state index in [0.29, 0.717) is 183 Å². The van der Waals surface area contributed by atoms with Crippen LogP contribution in [-0.2, 0) is 102 Å². The van der Waals surface area contributed by atoms with Gasteiger partial charge in [-0.25, -0.2) is 4.39 Å². The lowest BCUT2D eigenvalue weighted by Crippen LogP contribution is -2.47. The van der Waals surface area contributed by atoms with Gasteiger partial charge in [0.05, 0.1) is 71.2 Å². The highest BCUT2D eigenvalue weighted by Gasteiger charge is 2.55. The maximum Gasteiger partial charge on any atom is 0.416 e. The predicted molar refractivity (Wildman–Crippen MR) is 539 cm³/mol. The number of carbonyl (C=O) groups excluding carboxylic acids is 8. The van der Waals surface area contributed by atoms with Crippen LogP contribution in [0.1, 0.15) is 211 Å². The molecule has 1 saturated carbocycles. The number of Topliss-reactive ketones (excluding diaryl/α,β-unsaturated/α-hetero) is 4. The van der Waals surface area contributed by atoms with Gasteiger partial charge in [-0.05, 0) is 253 Å². The number of fused-ring (bicyclic) bond motifs is 6. The minimum atomic E-state index is -4.47. The molecule has 2 bridgehead atoms. The lowest BCUT2D eigenvalue weighted by atomic mass is 9.77. The topological polar surface area (TPSA) is 178 Å². The van der Waals surface area contributed by atoms with Gasteiger partial charge in [0.2, 0.25) is 0 Å². The van der Waals surface area contributed by atoms with E-state index in [1.54, 1.807) is 158 Å². The number of hydrogen-bond acceptors (Lipinski definition) is 9. The molecule has 12 aromatic rings. The Labute approximate surface area is 868 Å². The first-order chi connectivity index (χ1) is 67.6. The highest BCUT2D eigenvalue weighted by Crippen LogP contribution is 2.51. The van der Waals surface area contributed by atoms with Gasteiger partial charge in [0, 0.05) is 235 Å². The molecule has 4 aliphatic heterocycles. The number of amides is 4. The van der Waals surface area contributed by atoms with Crippen LogP contribution in [0.2, 0.25) is 40.2 Å². The van der Waals surface area contributed by atoms with Crippen molar-refractivity contribution in [2.24, 2.45) is 50.9 Å². The molecule has 0 spiro atoms. The third kappa shape index (κ3) is 22.3. The molecule has 5 aliphatic rings. The summed E-state index contributed by atoms with van der Waals surface area (Å²) in [7, 11) is 8.32. The summed E-state index contributed by atoms with van der Waals surface area (Å²) in [5.74, 6) is -1.89. The molecule has 772 valence electrons. The number of aromatic nitrogens is 4. The lowest BCUT2D eigenvalue weighted by Gasteiger charge is -2.37. The molecule has 4 amide bonds. The molecule has 8 aromatic carbocycles. The molecule has 0 N–H and O–H groups in total. The van der Waals surface area contributed by atoms with Crippen molar-refractivity contribution >= 4 is 183 Å². The van der Waals surface area contributed by atoms with Gasteiger partial charge in [-0.3, -0.25) is 38.4 Å². The fourth-order valence-corrected chi connectivity index (χ4v) is 22.9. The predicted octanol–water partition coefficient (Wildman–Crippen LogP) is 27.5. The van der Waals surface area contributed by atoms with E-state index in [4.69, 9.17) is 97.5 Å². The van der Waals surface area contributed by atoms with Gasteiger partial charge in [-0.15, -0.1) is 0 Å². The summed E-state index contributed by atoms with van der Waals surface area (Å²) >= 11 is 52.7. The number of methoxy groups -OCH3 is 1. The molecular weight excluding hydrogens is 2070 g/mol. The number of hydrogen-bond donors (Lipinski definition) is 0. The first-order valence-electron chi connectivity index (χ1n) is 46.5. The van der Waals surface area contributed by atoms with E-state index < -0.39 is 75.1 Å². The second kappa shape index (κ2) is 42.1. The average Bonchev–Trinajstić information content (AvgIpc) is 1.58. The number of aryl methyl sites for hydroxylation is 8. The zero-order valence-corrected chi connectivity index (χ0v) is 87.5. The van der Waals surface area contributed by atoms with Gasteiger partial charge in [0.15, 0.2) is 11.5 Å². The van der Waals surface area contributed by atoms with Crippen LogP contribution in [0.5, 0.6) is 0 Å². The average molecular weight is 2180 g/mol. The Kier molecular flexibility index (Phi) is 32.1. The number of carbonyl (C=O) groups is 8. The van der Waals surface area contributed by atoms with Crippen molar-refractivity contribution in [3.63, 3.8) is 0 Å². The van der Waals surface area contributed by atoms with Crippen LogP contribution in [0, 0.1) is 50.4 Å². The maximum absolute atomic E-state index is 14.6. The van der Waals surface area contributed by atoms with Crippen molar-refractivity contribution < 1.29 is 100 Å². The Hall–Kier alpha value is -10.2. The van der Waals surface area contributed by atoms with Gasteiger partial charge in [-0.2, -0.15) is 52.7 Å². The standard InChI is InChI=1S/C27H27Cl2F3N2O3.C27H25Cl2F3N2O2.C27H27Cl2F3N2O2.C26H24Cl2F4N2O2/c1-14-7-17(27(30,31)32)8-24-20(14)9-18(33(24)3)10-21-23(28)6-5-19(25(21)29)26(36)34-11-16(13-37-4)22(12-34)15(2)35;1-14-8-16(27(30,31)32)9-23-20(14)10-18(33(23)3)11-21-22(28)5-4-19(24(21)29)25(36)34-13-26(15(2)35)7-6-17(34)12-26;1-15-11-17(27(30,31)32)12-23-20(15)13-18(33(23)4)14-21-22(28)6-5-19(24(21)29)25(36)34-9-7-26(3,8-10-34)16(2)35;1-14-10-16(26(30,31)32)11-22-19(14)12-17(33(22)3)13-20-21(27)5-4-18(23(20)28)24(36)34-8-6-25(29,7-9-34)15(2)35/h5-9,16,22H,10-13H2,1-4H3;4-5,8-10,17H,6-7,11-13H2,1-3H3;5-6,11-13H,7-10,14H2,1-4H3;4-5,10-12H,6-9,13H2,1-3H3/t16-,22-;17-,26-;;/m01../s1. The first kappa shape index (κ1) is 111. The number of piperidine rings is 3. The molecule has 17 rings (SSSR count). The highest BCUT2D eigenvalue weighted by atomic mass is 35.5. The molecule has 145 heavy (non-hydrogen) atoms. The summed E-state index contributed by atoms with van der Waals surface area (Å²) in [4.78, 5) is 108. The minimum absolute atomic E-state index is 0.00000928. The number of ketones is 4. The number of likely N-dealkylation sites (tertiary alicyclic amines) is 4. The quantitative estimate of drug-likeness (QED) is 0.0756. The third-order valence-corrected chi connectivity index (χ3v) is 33.0. The molecule has 0 radical (unpaired) electrons. The van der Waals surface area contributed by atoms with E-state index in [1.807, 2.05) is 25.1 Å². The Morgan fingerprint density at radius 2 is 0.683 bits per heavy atom. The van der Waals surface area contributed by atoms with Crippen molar-refractivity contribution in [2.75, 3.05) is 59.5 Å². The van der Waals surface area contributed by atoms with E-state index in [2.05, 4.69) is 0 Å². The Morgan fingerprint density at radius 1 is 0.386 bits per heavy atom.